The van der Waals surface area contributed by atoms with Gasteiger partial charge in [-0.15, -0.1) is 0 Å². The second kappa shape index (κ2) is 6.83. The quantitative estimate of drug-likeness (QED) is 0.703. The van der Waals surface area contributed by atoms with Crippen molar-refractivity contribution < 1.29 is 4.79 Å². The van der Waals surface area contributed by atoms with Crippen LogP contribution in [0.2, 0.25) is 0 Å². The molecule has 1 aliphatic heterocycles. The lowest BCUT2D eigenvalue weighted by Crippen LogP contribution is -2.30. The lowest BCUT2D eigenvalue weighted by molar-refractivity contribution is -0.121. The van der Waals surface area contributed by atoms with Crippen LogP contribution in [0, 0.1) is 5.92 Å². The zero-order chi connectivity index (χ0) is 11.1. The third kappa shape index (κ3) is 5.78. The topological polar surface area (TPSA) is 41.1 Å². The Labute approximate surface area is 93.0 Å². The minimum absolute atomic E-state index is 0.210. The van der Waals surface area contributed by atoms with Crippen LogP contribution < -0.4 is 10.6 Å². The van der Waals surface area contributed by atoms with E-state index in [0.717, 1.165) is 25.9 Å². The Balaban J connectivity index is 1.96. The molecule has 0 radical (unpaired) electrons. The summed E-state index contributed by atoms with van der Waals surface area (Å²) in [6, 6.07) is 0.635. The van der Waals surface area contributed by atoms with Gasteiger partial charge >= 0.3 is 0 Å². The van der Waals surface area contributed by atoms with Crippen molar-refractivity contribution in [3.05, 3.63) is 0 Å². The maximum absolute atomic E-state index is 11.4. The fourth-order valence-corrected chi connectivity index (χ4v) is 1.90. The maximum Gasteiger partial charge on any atom is 0.220 e. The zero-order valence-corrected chi connectivity index (χ0v) is 10.0. The molecule has 0 spiro atoms. The molecular formula is C12H24N2O. The van der Waals surface area contributed by atoms with E-state index in [2.05, 4.69) is 24.5 Å². The summed E-state index contributed by atoms with van der Waals surface area (Å²) in [5, 5.41) is 6.42. The van der Waals surface area contributed by atoms with Crippen LogP contribution in [0.4, 0.5) is 0 Å². The first-order valence-electron chi connectivity index (χ1n) is 6.18. The van der Waals surface area contributed by atoms with Gasteiger partial charge in [-0.05, 0) is 38.1 Å². The Morgan fingerprint density at radius 3 is 2.93 bits per heavy atom. The van der Waals surface area contributed by atoms with Crippen LogP contribution in [0.5, 0.6) is 0 Å². The number of rotatable bonds is 6. The Morgan fingerprint density at radius 1 is 1.53 bits per heavy atom. The smallest absolute Gasteiger partial charge is 0.220 e. The molecule has 1 fully saturated rings. The fraction of sp³-hybridized carbons (Fsp3) is 0.917. The highest BCUT2D eigenvalue weighted by molar-refractivity contribution is 5.75. The van der Waals surface area contributed by atoms with E-state index >= 15 is 0 Å². The van der Waals surface area contributed by atoms with Gasteiger partial charge in [0.2, 0.25) is 5.91 Å². The third-order valence-corrected chi connectivity index (χ3v) is 2.93. The number of hydrogen-bond donors (Lipinski definition) is 2. The number of carbonyl (C=O) groups is 1. The number of amides is 1. The molecule has 0 saturated carbocycles. The lowest BCUT2D eigenvalue weighted by Gasteiger charge is -2.11. The highest BCUT2D eigenvalue weighted by atomic mass is 16.1. The average Bonchev–Trinajstić information content (AvgIpc) is 2.67. The van der Waals surface area contributed by atoms with Crippen molar-refractivity contribution in [1.29, 1.82) is 0 Å². The summed E-state index contributed by atoms with van der Waals surface area (Å²) in [4.78, 5) is 11.4. The van der Waals surface area contributed by atoms with E-state index in [1.807, 2.05) is 0 Å². The summed E-state index contributed by atoms with van der Waals surface area (Å²) in [6.45, 7) is 6.27. The van der Waals surface area contributed by atoms with Gasteiger partial charge in [-0.1, -0.05) is 13.8 Å². The third-order valence-electron chi connectivity index (χ3n) is 2.93. The van der Waals surface area contributed by atoms with Gasteiger partial charge < -0.3 is 10.6 Å². The van der Waals surface area contributed by atoms with Crippen LogP contribution in [-0.4, -0.2) is 25.0 Å². The molecule has 88 valence electrons. The highest BCUT2D eigenvalue weighted by Gasteiger charge is 2.13. The number of nitrogens with one attached hydrogen (secondary N) is 2. The van der Waals surface area contributed by atoms with E-state index in [1.54, 1.807) is 0 Å². The van der Waals surface area contributed by atoms with Gasteiger partial charge in [0.25, 0.3) is 0 Å². The van der Waals surface area contributed by atoms with Gasteiger partial charge in [0.15, 0.2) is 0 Å². The summed E-state index contributed by atoms with van der Waals surface area (Å²) in [7, 11) is 0. The molecule has 3 nitrogen and oxygen atoms in total. The summed E-state index contributed by atoms with van der Waals surface area (Å²) >= 11 is 0. The lowest BCUT2D eigenvalue weighted by atomic mass is 10.1. The predicted octanol–water partition coefficient (Wildman–Crippen LogP) is 1.68. The van der Waals surface area contributed by atoms with E-state index in [0.29, 0.717) is 18.4 Å². The van der Waals surface area contributed by atoms with Crippen LogP contribution in [0.3, 0.4) is 0 Å². The maximum atomic E-state index is 11.4. The molecule has 3 heteroatoms. The molecule has 1 aliphatic rings. The van der Waals surface area contributed by atoms with E-state index in [-0.39, 0.29) is 5.91 Å². The van der Waals surface area contributed by atoms with Crippen molar-refractivity contribution in [1.82, 2.24) is 10.6 Å². The number of carbonyl (C=O) groups excluding carboxylic acids is 1. The normalized spacial score (nSPS) is 20.9. The second-order valence-corrected chi connectivity index (χ2v) is 4.86. The molecule has 0 aromatic rings. The fourth-order valence-electron chi connectivity index (χ4n) is 1.90. The molecule has 1 heterocycles. The monoisotopic (exact) mass is 212 g/mol. The Morgan fingerprint density at radius 2 is 2.33 bits per heavy atom. The van der Waals surface area contributed by atoms with E-state index in [1.165, 1.54) is 12.8 Å². The van der Waals surface area contributed by atoms with Crippen molar-refractivity contribution in [2.75, 3.05) is 13.1 Å². The first kappa shape index (κ1) is 12.5. The van der Waals surface area contributed by atoms with Gasteiger partial charge in [0.05, 0.1) is 0 Å². The summed E-state index contributed by atoms with van der Waals surface area (Å²) in [5.74, 6) is 0.828. The largest absolute Gasteiger partial charge is 0.356 e. The molecule has 2 N–H and O–H groups in total. The first-order chi connectivity index (χ1) is 7.18. The molecule has 1 saturated heterocycles. The average molecular weight is 212 g/mol. The minimum Gasteiger partial charge on any atom is -0.356 e. The van der Waals surface area contributed by atoms with Crippen molar-refractivity contribution in [2.45, 2.75) is 52.0 Å². The van der Waals surface area contributed by atoms with Gasteiger partial charge in [-0.25, -0.2) is 0 Å². The number of hydrogen-bond acceptors (Lipinski definition) is 2. The van der Waals surface area contributed by atoms with Gasteiger partial charge in [-0.2, -0.15) is 0 Å². The molecule has 1 rings (SSSR count). The van der Waals surface area contributed by atoms with Crippen molar-refractivity contribution in [2.24, 2.45) is 5.92 Å². The SMILES string of the molecule is CC(C)CCC(=O)NCCC1CCCN1. The summed E-state index contributed by atoms with van der Waals surface area (Å²) in [6.07, 6.45) is 5.30. The van der Waals surface area contributed by atoms with Crippen LogP contribution in [0.1, 0.15) is 46.0 Å². The molecular weight excluding hydrogens is 188 g/mol. The molecule has 1 atom stereocenters. The van der Waals surface area contributed by atoms with Gasteiger partial charge in [0, 0.05) is 19.0 Å². The van der Waals surface area contributed by atoms with E-state index in [9.17, 15) is 4.79 Å². The van der Waals surface area contributed by atoms with Crippen molar-refractivity contribution in [3.63, 3.8) is 0 Å². The van der Waals surface area contributed by atoms with Crippen molar-refractivity contribution in [3.8, 4) is 0 Å². The minimum atomic E-state index is 0.210. The Kier molecular flexibility index (Phi) is 5.69. The second-order valence-electron chi connectivity index (χ2n) is 4.86. The standard InChI is InChI=1S/C12H24N2O/c1-10(2)5-6-12(15)14-9-7-11-4-3-8-13-11/h10-11,13H,3-9H2,1-2H3,(H,14,15). The predicted molar refractivity (Wildman–Crippen MR) is 62.7 cm³/mol. The Hall–Kier alpha value is -0.570. The van der Waals surface area contributed by atoms with Crippen LogP contribution in [-0.2, 0) is 4.79 Å². The van der Waals surface area contributed by atoms with E-state index in [4.69, 9.17) is 0 Å². The molecule has 0 aliphatic carbocycles. The van der Waals surface area contributed by atoms with Crippen molar-refractivity contribution >= 4 is 5.91 Å². The van der Waals surface area contributed by atoms with Gasteiger partial charge in [0.1, 0.15) is 0 Å². The summed E-state index contributed by atoms with van der Waals surface area (Å²) in [5.41, 5.74) is 0. The molecule has 0 aromatic heterocycles. The highest BCUT2D eigenvalue weighted by Crippen LogP contribution is 2.07. The zero-order valence-electron chi connectivity index (χ0n) is 10.0. The van der Waals surface area contributed by atoms with Crippen LogP contribution in [0.25, 0.3) is 0 Å². The van der Waals surface area contributed by atoms with E-state index < -0.39 is 0 Å². The van der Waals surface area contributed by atoms with Gasteiger partial charge in [-0.3, -0.25) is 4.79 Å². The molecule has 15 heavy (non-hydrogen) atoms. The first-order valence-corrected chi connectivity index (χ1v) is 6.18. The van der Waals surface area contributed by atoms with Crippen LogP contribution >= 0.6 is 0 Å². The molecule has 1 amide bonds. The molecule has 0 aromatic carbocycles. The molecule has 1 unspecified atom stereocenters. The Bertz CT molecular complexity index is 186. The van der Waals surface area contributed by atoms with Crippen LogP contribution in [0.15, 0.2) is 0 Å². The molecule has 0 bridgehead atoms. The summed E-state index contributed by atoms with van der Waals surface area (Å²) < 4.78 is 0.